The maximum atomic E-state index is 12.8. The summed E-state index contributed by atoms with van der Waals surface area (Å²) in [5, 5.41) is 8.65. The number of H-pyrrole nitrogens is 1. The van der Waals surface area contributed by atoms with Crippen LogP contribution in [0, 0.1) is 6.92 Å². The van der Waals surface area contributed by atoms with E-state index in [0.29, 0.717) is 17.1 Å². The molecule has 0 bridgehead atoms. The molecule has 1 saturated heterocycles. The maximum Gasteiger partial charge on any atom is 0.264 e. The minimum atomic E-state index is -3.38. The van der Waals surface area contributed by atoms with E-state index in [4.69, 9.17) is 0 Å². The van der Waals surface area contributed by atoms with Gasteiger partial charge in [-0.2, -0.15) is 5.10 Å². The van der Waals surface area contributed by atoms with Crippen LogP contribution in [0.15, 0.2) is 22.5 Å². The van der Waals surface area contributed by atoms with Gasteiger partial charge in [-0.3, -0.25) is 9.89 Å². The van der Waals surface area contributed by atoms with Crippen LogP contribution in [0.1, 0.15) is 46.2 Å². The van der Waals surface area contributed by atoms with Gasteiger partial charge in [0, 0.05) is 12.8 Å². The van der Waals surface area contributed by atoms with Gasteiger partial charge in [0.15, 0.2) is 9.84 Å². The molecule has 2 aromatic heterocycles. The fourth-order valence-electron chi connectivity index (χ4n) is 2.98. The fourth-order valence-corrected chi connectivity index (χ4v) is 4.66. The molecule has 1 amide bonds. The number of carbonyl (C=O) groups is 1. The number of nitrogens with one attached hydrogen (secondary N) is 1. The first kappa shape index (κ1) is 16.2. The molecule has 0 radical (unpaired) electrons. The van der Waals surface area contributed by atoms with Crippen LogP contribution in [-0.4, -0.2) is 42.2 Å². The molecular formula is C15H19N3O3S2. The predicted octanol–water partition coefficient (Wildman–Crippen LogP) is 2.55. The van der Waals surface area contributed by atoms with E-state index in [2.05, 4.69) is 10.2 Å². The highest BCUT2D eigenvalue weighted by atomic mass is 32.2. The number of likely N-dealkylation sites (tertiary alicyclic amines) is 1. The third kappa shape index (κ3) is 3.18. The Morgan fingerprint density at radius 3 is 2.87 bits per heavy atom. The number of carbonyl (C=O) groups excluding carboxylic acids is 1. The molecule has 124 valence electrons. The predicted molar refractivity (Wildman–Crippen MR) is 88.4 cm³/mol. The molecule has 1 atom stereocenters. The van der Waals surface area contributed by atoms with E-state index in [1.165, 1.54) is 23.8 Å². The molecule has 1 unspecified atom stereocenters. The van der Waals surface area contributed by atoms with Gasteiger partial charge >= 0.3 is 0 Å². The van der Waals surface area contributed by atoms with Gasteiger partial charge < -0.3 is 4.90 Å². The molecular weight excluding hydrogens is 334 g/mol. The second-order valence-electron chi connectivity index (χ2n) is 5.92. The van der Waals surface area contributed by atoms with Gasteiger partial charge in [-0.1, -0.05) is 0 Å². The quantitative estimate of drug-likeness (QED) is 0.919. The number of sulfone groups is 1. The molecule has 0 spiro atoms. The molecule has 1 N–H and O–H groups in total. The number of hydrogen-bond acceptors (Lipinski definition) is 5. The summed E-state index contributed by atoms with van der Waals surface area (Å²) in [7, 11) is -3.38. The van der Waals surface area contributed by atoms with Crippen molar-refractivity contribution in [1.29, 1.82) is 0 Å². The summed E-state index contributed by atoms with van der Waals surface area (Å²) in [5.74, 6) is -0.0400. The standard InChI is InChI=1S/C15H19N3O3S2/c1-10-7-12(22-9-10)15(19)18-6-4-3-5-11(18)14-13(8-16-17-14)23(2,20)21/h7-9,11H,3-6H2,1-2H3,(H,16,17). The summed E-state index contributed by atoms with van der Waals surface area (Å²) in [6.45, 7) is 2.58. The average Bonchev–Trinajstić information content (AvgIpc) is 3.14. The van der Waals surface area contributed by atoms with Crippen molar-refractivity contribution < 1.29 is 13.2 Å². The van der Waals surface area contributed by atoms with Crippen molar-refractivity contribution in [3.05, 3.63) is 33.8 Å². The Bertz CT molecular complexity index is 823. The third-order valence-electron chi connectivity index (χ3n) is 4.07. The molecule has 8 heteroatoms. The van der Waals surface area contributed by atoms with Crippen molar-refractivity contribution in [2.75, 3.05) is 12.8 Å². The van der Waals surface area contributed by atoms with Crippen LogP contribution >= 0.6 is 11.3 Å². The second-order valence-corrected chi connectivity index (χ2v) is 8.81. The zero-order valence-corrected chi connectivity index (χ0v) is 14.7. The van der Waals surface area contributed by atoms with Crippen LogP contribution in [0.25, 0.3) is 0 Å². The number of hydrogen-bond donors (Lipinski definition) is 1. The lowest BCUT2D eigenvalue weighted by atomic mass is 9.99. The Labute approximate surface area is 139 Å². The van der Waals surface area contributed by atoms with Crippen LogP contribution in [0.5, 0.6) is 0 Å². The van der Waals surface area contributed by atoms with Crippen LogP contribution in [0.4, 0.5) is 0 Å². The van der Waals surface area contributed by atoms with Gasteiger partial charge in [0.2, 0.25) is 0 Å². The fraction of sp³-hybridized carbons (Fsp3) is 0.467. The molecule has 3 rings (SSSR count). The summed E-state index contributed by atoms with van der Waals surface area (Å²) in [5.41, 5.74) is 1.58. The van der Waals surface area contributed by atoms with Gasteiger partial charge in [-0.05, 0) is 43.2 Å². The van der Waals surface area contributed by atoms with Crippen molar-refractivity contribution in [3.8, 4) is 0 Å². The van der Waals surface area contributed by atoms with E-state index in [-0.39, 0.29) is 16.8 Å². The van der Waals surface area contributed by atoms with E-state index >= 15 is 0 Å². The van der Waals surface area contributed by atoms with E-state index < -0.39 is 9.84 Å². The van der Waals surface area contributed by atoms with Crippen LogP contribution < -0.4 is 0 Å². The number of rotatable bonds is 3. The molecule has 3 heterocycles. The number of nitrogens with zero attached hydrogens (tertiary/aromatic N) is 2. The zero-order valence-electron chi connectivity index (χ0n) is 13.1. The molecule has 6 nitrogen and oxygen atoms in total. The molecule has 1 fully saturated rings. The smallest absolute Gasteiger partial charge is 0.264 e. The van der Waals surface area contributed by atoms with Gasteiger partial charge in [-0.15, -0.1) is 11.3 Å². The first-order valence-electron chi connectivity index (χ1n) is 7.47. The van der Waals surface area contributed by atoms with E-state index in [1.54, 1.807) is 4.90 Å². The summed E-state index contributed by atoms with van der Waals surface area (Å²) < 4.78 is 23.9. The minimum absolute atomic E-state index is 0.0400. The van der Waals surface area contributed by atoms with Crippen molar-refractivity contribution in [2.24, 2.45) is 0 Å². The van der Waals surface area contributed by atoms with Crippen molar-refractivity contribution in [1.82, 2.24) is 15.1 Å². The van der Waals surface area contributed by atoms with Crippen molar-refractivity contribution in [3.63, 3.8) is 0 Å². The number of aromatic nitrogens is 2. The van der Waals surface area contributed by atoms with Gasteiger partial charge in [0.05, 0.1) is 22.8 Å². The number of thiophene rings is 1. The molecule has 1 aliphatic rings. The summed E-state index contributed by atoms with van der Waals surface area (Å²) in [4.78, 5) is 15.5. The largest absolute Gasteiger partial charge is 0.329 e. The molecule has 23 heavy (non-hydrogen) atoms. The van der Waals surface area contributed by atoms with Gasteiger partial charge in [-0.25, -0.2) is 8.42 Å². The summed E-state index contributed by atoms with van der Waals surface area (Å²) in [6.07, 6.45) is 5.12. The average molecular weight is 353 g/mol. The normalized spacial score (nSPS) is 19.0. The minimum Gasteiger partial charge on any atom is -0.329 e. The number of piperidine rings is 1. The lowest BCUT2D eigenvalue weighted by molar-refractivity contribution is 0.0607. The Morgan fingerprint density at radius 1 is 1.43 bits per heavy atom. The monoisotopic (exact) mass is 353 g/mol. The molecule has 0 saturated carbocycles. The lowest BCUT2D eigenvalue weighted by Crippen LogP contribution is -2.38. The molecule has 1 aliphatic heterocycles. The highest BCUT2D eigenvalue weighted by molar-refractivity contribution is 7.90. The zero-order chi connectivity index (χ0) is 16.6. The van der Waals surface area contributed by atoms with E-state index in [9.17, 15) is 13.2 Å². The van der Waals surface area contributed by atoms with Crippen molar-refractivity contribution >= 4 is 27.1 Å². The first-order valence-corrected chi connectivity index (χ1v) is 10.2. The van der Waals surface area contributed by atoms with Crippen LogP contribution in [0.2, 0.25) is 0 Å². The Hall–Kier alpha value is -1.67. The van der Waals surface area contributed by atoms with E-state index in [1.807, 2.05) is 18.4 Å². The van der Waals surface area contributed by atoms with E-state index in [0.717, 1.165) is 24.8 Å². The van der Waals surface area contributed by atoms with Crippen molar-refractivity contribution in [2.45, 2.75) is 37.1 Å². The second kappa shape index (κ2) is 6.09. The Morgan fingerprint density at radius 2 is 2.22 bits per heavy atom. The van der Waals surface area contributed by atoms with Gasteiger partial charge in [0.25, 0.3) is 5.91 Å². The number of aromatic amines is 1. The first-order chi connectivity index (χ1) is 10.9. The molecule has 0 aromatic carbocycles. The SMILES string of the molecule is Cc1csc(C(=O)N2CCCCC2c2[nH]ncc2S(C)(=O)=O)c1. The van der Waals surface area contributed by atoms with Crippen LogP contribution in [0.3, 0.4) is 0 Å². The topological polar surface area (TPSA) is 83.1 Å². The lowest BCUT2D eigenvalue weighted by Gasteiger charge is -2.35. The summed E-state index contributed by atoms with van der Waals surface area (Å²) >= 11 is 1.43. The Kier molecular flexibility index (Phi) is 4.29. The number of aryl methyl sites for hydroxylation is 1. The van der Waals surface area contributed by atoms with Crippen LogP contribution in [-0.2, 0) is 9.84 Å². The summed E-state index contributed by atoms with van der Waals surface area (Å²) in [6, 6.07) is 1.61. The highest BCUT2D eigenvalue weighted by Gasteiger charge is 2.33. The Balaban J connectivity index is 1.97. The third-order valence-corrected chi connectivity index (χ3v) is 6.23. The van der Waals surface area contributed by atoms with Gasteiger partial charge in [0.1, 0.15) is 4.90 Å². The molecule has 0 aliphatic carbocycles. The molecule has 2 aromatic rings. The highest BCUT2D eigenvalue weighted by Crippen LogP contribution is 2.34. The maximum absolute atomic E-state index is 12.8. The number of amides is 1.